The lowest BCUT2D eigenvalue weighted by atomic mass is 10.1. The number of rotatable bonds is 4. The number of nitrogens with one attached hydrogen (secondary N) is 1. The number of pyridine rings is 1. The number of carbonyl (C=O) groups is 1. The van der Waals surface area contributed by atoms with Gasteiger partial charge in [-0.2, -0.15) is 0 Å². The molecule has 1 aromatic carbocycles. The molecule has 1 amide bonds. The van der Waals surface area contributed by atoms with Gasteiger partial charge in [-0.1, -0.05) is 6.07 Å². The van der Waals surface area contributed by atoms with Crippen molar-refractivity contribution >= 4 is 23.1 Å². The van der Waals surface area contributed by atoms with Crippen LogP contribution in [-0.4, -0.2) is 29.9 Å². The van der Waals surface area contributed by atoms with Gasteiger partial charge in [0.2, 0.25) is 0 Å². The Balaban J connectivity index is 2.28. The summed E-state index contributed by atoms with van der Waals surface area (Å²) in [7, 11) is 3.41. The maximum absolute atomic E-state index is 12.2. The van der Waals surface area contributed by atoms with Gasteiger partial charge in [0.25, 0.3) is 11.6 Å². The molecule has 0 aliphatic rings. The summed E-state index contributed by atoms with van der Waals surface area (Å²) in [6.45, 7) is 1.89. The van der Waals surface area contributed by atoms with Crippen molar-refractivity contribution in [1.29, 1.82) is 0 Å². The first-order valence-corrected chi connectivity index (χ1v) is 6.58. The van der Waals surface area contributed by atoms with Crippen LogP contribution < -0.4 is 10.2 Å². The zero-order valence-electron chi connectivity index (χ0n) is 12.5. The summed E-state index contributed by atoms with van der Waals surface area (Å²) in [5, 5.41) is 13.7. The molecule has 2 rings (SSSR count). The Hall–Kier alpha value is -2.96. The molecule has 0 saturated heterocycles. The fourth-order valence-corrected chi connectivity index (χ4v) is 1.92. The van der Waals surface area contributed by atoms with Crippen LogP contribution in [0.5, 0.6) is 0 Å². The van der Waals surface area contributed by atoms with Crippen LogP contribution in [-0.2, 0) is 0 Å². The fraction of sp³-hybridized carbons (Fsp3) is 0.200. The Labute approximate surface area is 127 Å². The predicted octanol–water partition coefficient (Wildman–Crippen LogP) is 2.62. The topological polar surface area (TPSA) is 88.4 Å². The molecule has 1 N–H and O–H groups in total. The smallest absolute Gasteiger partial charge is 0.293 e. The van der Waals surface area contributed by atoms with E-state index in [9.17, 15) is 14.9 Å². The van der Waals surface area contributed by atoms with Crippen molar-refractivity contribution in [2.24, 2.45) is 0 Å². The number of nitro benzene ring substituents is 1. The van der Waals surface area contributed by atoms with Gasteiger partial charge in [0.05, 0.1) is 4.92 Å². The van der Waals surface area contributed by atoms with Crippen LogP contribution in [0.4, 0.5) is 17.2 Å². The molecule has 0 bridgehead atoms. The summed E-state index contributed by atoms with van der Waals surface area (Å²) < 4.78 is 0. The first kappa shape index (κ1) is 15.4. The van der Waals surface area contributed by atoms with Crippen molar-refractivity contribution in [2.45, 2.75) is 6.92 Å². The molecule has 0 aliphatic heterocycles. The third-order valence-corrected chi connectivity index (χ3v) is 3.07. The van der Waals surface area contributed by atoms with Crippen molar-refractivity contribution < 1.29 is 9.72 Å². The van der Waals surface area contributed by atoms with Crippen molar-refractivity contribution in [3.63, 3.8) is 0 Å². The number of benzene rings is 1. The van der Waals surface area contributed by atoms with Gasteiger partial charge in [-0.25, -0.2) is 4.98 Å². The molecule has 0 spiro atoms. The van der Waals surface area contributed by atoms with Gasteiger partial charge in [0.15, 0.2) is 0 Å². The first-order valence-electron chi connectivity index (χ1n) is 6.58. The van der Waals surface area contributed by atoms with E-state index in [2.05, 4.69) is 10.3 Å². The quantitative estimate of drug-likeness (QED) is 0.692. The molecule has 1 heterocycles. The maximum Gasteiger partial charge on any atom is 0.293 e. The number of aromatic nitrogens is 1. The van der Waals surface area contributed by atoms with E-state index in [-0.39, 0.29) is 11.3 Å². The molecule has 0 fully saturated rings. The van der Waals surface area contributed by atoms with Crippen molar-refractivity contribution in [3.8, 4) is 0 Å². The van der Waals surface area contributed by atoms with E-state index in [1.54, 1.807) is 43.4 Å². The van der Waals surface area contributed by atoms with E-state index in [1.807, 2.05) is 13.0 Å². The minimum absolute atomic E-state index is 0.116. The van der Waals surface area contributed by atoms with Crippen LogP contribution in [0.2, 0.25) is 0 Å². The second-order valence-electron chi connectivity index (χ2n) is 5.03. The Kier molecular flexibility index (Phi) is 4.36. The zero-order chi connectivity index (χ0) is 16.3. The second kappa shape index (κ2) is 6.21. The maximum atomic E-state index is 12.2. The Morgan fingerprint density at radius 2 is 2.00 bits per heavy atom. The SMILES string of the molecule is Cc1ccc(NC(=O)c2ccc(N(C)C)c([N+](=O)[O-])c2)nc1. The largest absolute Gasteiger partial charge is 0.372 e. The molecule has 0 saturated carbocycles. The Morgan fingerprint density at radius 3 is 2.55 bits per heavy atom. The van der Waals surface area contributed by atoms with Crippen LogP contribution in [0.25, 0.3) is 0 Å². The molecule has 1 aromatic heterocycles. The summed E-state index contributed by atoms with van der Waals surface area (Å²) in [6.07, 6.45) is 1.63. The summed E-state index contributed by atoms with van der Waals surface area (Å²) in [5.41, 5.74) is 1.51. The molecular weight excluding hydrogens is 284 g/mol. The third kappa shape index (κ3) is 3.38. The zero-order valence-corrected chi connectivity index (χ0v) is 12.5. The van der Waals surface area contributed by atoms with E-state index < -0.39 is 10.8 Å². The third-order valence-electron chi connectivity index (χ3n) is 3.07. The lowest BCUT2D eigenvalue weighted by Crippen LogP contribution is -2.15. The summed E-state index contributed by atoms with van der Waals surface area (Å²) >= 11 is 0. The normalized spacial score (nSPS) is 10.1. The van der Waals surface area contributed by atoms with Crippen LogP contribution in [0.3, 0.4) is 0 Å². The van der Waals surface area contributed by atoms with Gasteiger partial charge < -0.3 is 10.2 Å². The highest BCUT2D eigenvalue weighted by Crippen LogP contribution is 2.27. The summed E-state index contributed by atoms with van der Waals surface area (Å²) in [6, 6.07) is 7.86. The fourth-order valence-electron chi connectivity index (χ4n) is 1.92. The molecule has 0 unspecified atom stereocenters. The first-order chi connectivity index (χ1) is 10.4. The number of hydrogen-bond acceptors (Lipinski definition) is 5. The Bertz CT molecular complexity index is 711. The molecule has 114 valence electrons. The predicted molar refractivity (Wildman–Crippen MR) is 84.4 cm³/mol. The van der Waals surface area contributed by atoms with Crippen LogP contribution in [0.1, 0.15) is 15.9 Å². The van der Waals surface area contributed by atoms with E-state index in [0.717, 1.165) is 5.56 Å². The van der Waals surface area contributed by atoms with Gasteiger partial charge in [-0.05, 0) is 30.7 Å². The highest BCUT2D eigenvalue weighted by atomic mass is 16.6. The van der Waals surface area contributed by atoms with Gasteiger partial charge in [-0.3, -0.25) is 14.9 Å². The highest BCUT2D eigenvalue weighted by Gasteiger charge is 2.19. The average Bonchev–Trinajstić information content (AvgIpc) is 2.48. The van der Waals surface area contributed by atoms with Crippen molar-refractivity contribution in [2.75, 3.05) is 24.3 Å². The standard InChI is InChI=1S/C15H16N4O3/c1-10-4-7-14(16-9-10)17-15(20)11-5-6-12(18(2)3)13(8-11)19(21)22/h4-9H,1-3H3,(H,16,17,20). The molecule has 7 heteroatoms. The molecule has 22 heavy (non-hydrogen) atoms. The van der Waals surface area contributed by atoms with E-state index >= 15 is 0 Å². The number of anilines is 2. The number of amides is 1. The molecular formula is C15H16N4O3. The molecule has 7 nitrogen and oxygen atoms in total. The van der Waals surface area contributed by atoms with Crippen molar-refractivity contribution in [3.05, 3.63) is 57.8 Å². The lowest BCUT2D eigenvalue weighted by Gasteiger charge is -2.13. The van der Waals surface area contributed by atoms with Crippen LogP contribution in [0, 0.1) is 17.0 Å². The monoisotopic (exact) mass is 300 g/mol. The molecule has 0 atom stereocenters. The summed E-state index contributed by atoms with van der Waals surface area (Å²) in [4.78, 5) is 28.5. The molecule has 0 radical (unpaired) electrons. The average molecular weight is 300 g/mol. The minimum atomic E-state index is -0.504. The summed E-state index contributed by atoms with van der Waals surface area (Å²) in [5.74, 6) is -0.0419. The van der Waals surface area contributed by atoms with Gasteiger partial charge >= 0.3 is 0 Å². The number of hydrogen-bond donors (Lipinski definition) is 1. The van der Waals surface area contributed by atoms with E-state index in [0.29, 0.717) is 11.5 Å². The van der Waals surface area contributed by atoms with E-state index in [1.165, 1.54) is 6.07 Å². The minimum Gasteiger partial charge on any atom is -0.372 e. The van der Waals surface area contributed by atoms with Gasteiger partial charge in [-0.15, -0.1) is 0 Å². The highest BCUT2D eigenvalue weighted by molar-refractivity contribution is 6.04. The number of nitrogens with zero attached hydrogens (tertiary/aromatic N) is 3. The lowest BCUT2D eigenvalue weighted by molar-refractivity contribution is -0.384. The second-order valence-corrected chi connectivity index (χ2v) is 5.03. The van der Waals surface area contributed by atoms with Crippen molar-refractivity contribution in [1.82, 2.24) is 4.98 Å². The van der Waals surface area contributed by atoms with E-state index in [4.69, 9.17) is 0 Å². The van der Waals surface area contributed by atoms with Crippen LogP contribution >= 0.6 is 0 Å². The molecule has 0 aliphatic carbocycles. The number of nitro groups is 1. The number of aryl methyl sites for hydroxylation is 1. The Morgan fingerprint density at radius 1 is 1.27 bits per heavy atom. The molecule has 2 aromatic rings. The number of carbonyl (C=O) groups excluding carboxylic acids is 1. The van der Waals surface area contributed by atoms with Gasteiger partial charge in [0, 0.05) is 31.9 Å². The van der Waals surface area contributed by atoms with Gasteiger partial charge in [0.1, 0.15) is 11.5 Å². The van der Waals surface area contributed by atoms with Crippen LogP contribution in [0.15, 0.2) is 36.5 Å².